The molecule has 0 radical (unpaired) electrons. The van der Waals surface area contributed by atoms with Gasteiger partial charge < -0.3 is 11.1 Å². The molecule has 0 aromatic heterocycles. The Morgan fingerprint density at radius 2 is 1.76 bits per heavy atom. The Bertz CT molecular complexity index is 659. The molecule has 1 aliphatic rings. The lowest BCUT2D eigenvalue weighted by atomic mass is 10.1. The second-order valence-corrected chi connectivity index (χ2v) is 5.41. The quantitative estimate of drug-likeness (QED) is 0.900. The molecule has 3 nitrogen and oxygen atoms in total. The fourth-order valence-electron chi connectivity index (χ4n) is 2.39. The molecular formula is C18H18N2O. The van der Waals surface area contributed by atoms with Crippen LogP contribution in [-0.4, -0.2) is 11.9 Å². The van der Waals surface area contributed by atoms with E-state index in [1.165, 1.54) is 5.56 Å². The monoisotopic (exact) mass is 278 g/mol. The van der Waals surface area contributed by atoms with E-state index >= 15 is 0 Å². The third kappa shape index (κ3) is 3.03. The summed E-state index contributed by atoms with van der Waals surface area (Å²) in [6, 6.07) is 15.6. The van der Waals surface area contributed by atoms with Gasteiger partial charge in [-0.05, 0) is 41.8 Å². The van der Waals surface area contributed by atoms with E-state index < -0.39 is 0 Å². The average molecular weight is 278 g/mol. The minimum absolute atomic E-state index is 0.110. The number of hydrogen-bond donors (Lipinski definition) is 2. The molecule has 0 spiro atoms. The molecule has 0 saturated heterocycles. The number of carbonyl (C=O) groups is 1. The normalized spacial score (nSPS) is 19.9. The summed E-state index contributed by atoms with van der Waals surface area (Å²) in [4.78, 5) is 12.1. The van der Waals surface area contributed by atoms with E-state index in [4.69, 9.17) is 5.73 Å². The van der Waals surface area contributed by atoms with Crippen LogP contribution in [0.5, 0.6) is 0 Å². The molecule has 3 N–H and O–H groups in total. The van der Waals surface area contributed by atoms with Crippen LogP contribution in [0.4, 0.5) is 5.69 Å². The molecule has 1 amide bonds. The number of rotatable bonds is 4. The maximum absolute atomic E-state index is 12.1. The molecule has 1 aliphatic carbocycles. The van der Waals surface area contributed by atoms with Crippen molar-refractivity contribution in [3.05, 3.63) is 71.8 Å². The molecule has 3 rings (SSSR count). The van der Waals surface area contributed by atoms with E-state index in [2.05, 4.69) is 11.9 Å². The second kappa shape index (κ2) is 5.54. The summed E-state index contributed by atoms with van der Waals surface area (Å²) in [5, 5.41) is 2.90. The van der Waals surface area contributed by atoms with E-state index in [1.807, 2.05) is 36.4 Å². The van der Waals surface area contributed by atoms with Crippen LogP contribution in [0.1, 0.15) is 33.8 Å². The highest BCUT2D eigenvalue weighted by atomic mass is 16.1. The molecule has 2 atom stereocenters. The van der Waals surface area contributed by atoms with Gasteiger partial charge in [0.1, 0.15) is 0 Å². The molecule has 0 unspecified atom stereocenters. The van der Waals surface area contributed by atoms with Crippen LogP contribution in [0.3, 0.4) is 0 Å². The van der Waals surface area contributed by atoms with Crippen molar-refractivity contribution in [3.63, 3.8) is 0 Å². The van der Waals surface area contributed by atoms with Gasteiger partial charge >= 0.3 is 0 Å². The molecule has 2 aromatic rings. The molecule has 106 valence electrons. The Kier molecular flexibility index (Phi) is 3.59. The Morgan fingerprint density at radius 3 is 2.29 bits per heavy atom. The zero-order valence-corrected chi connectivity index (χ0v) is 11.8. The number of nitrogens with two attached hydrogens (primary N) is 1. The summed E-state index contributed by atoms with van der Waals surface area (Å²) < 4.78 is 0. The van der Waals surface area contributed by atoms with Crippen LogP contribution < -0.4 is 11.1 Å². The van der Waals surface area contributed by atoms with Gasteiger partial charge in [0.25, 0.3) is 5.91 Å². The molecule has 1 fully saturated rings. The van der Waals surface area contributed by atoms with Gasteiger partial charge in [-0.2, -0.15) is 0 Å². The first kappa shape index (κ1) is 13.6. The van der Waals surface area contributed by atoms with Gasteiger partial charge in [-0.1, -0.05) is 36.9 Å². The maximum Gasteiger partial charge on any atom is 0.255 e. The fraction of sp³-hybridized carbons (Fsp3) is 0.167. The molecule has 0 heterocycles. The minimum Gasteiger partial charge on any atom is -0.327 e. The van der Waals surface area contributed by atoms with Crippen LogP contribution >= 0.6 is 0 Å². The van der Waals surface area contributed by atoms with Crippen LogP contribution in [0.15, 0.2) is 55.1 Å². The predicted molar refractivity (Wildman–Crippen MR) is 86.3 cm³/mol. The fourth-order valence-corrected chi connectivity index (χ4v) is 2.39. The van der Waals surface area contributed by atoms with Crippen molar-refractivity contribution in [1.82, 2.24) is 0 Å². The van der Waals surface area contributed by atoms with Crippen molar-refractivity contribution >= 4 is 17.7 Å². The van der Waals surface area contributed by atoms with Crippen molar-refractivity contribution in [2.45, 2.75) is 18.4 Å². The molecular weight excluding hydrogens is 260 g/mol. The van der Waals surface area contributed by atoms with E-state index in [0.29, 0.717) is 17.5 Å². The van der Waals surface area contributed by atoms with Crippen LogP contribution in [-0.2, 0) is 0 Å². The van der Waals surface area contributed by atoms with Crippen molar-refractivity contribution < 1.29 is 4.79 Å². The zero-order chi connectivity index (χ0) is 14.8. The number of anilines is 1. The van der Waals surface area contributed by atoms with E-state index in [9.17, 15) is 4.79 Å². The third-order valence-electron chi connectivity index (χ3n) is 3.85. The number of amides is 1. The first-order valence-electron chi connectivity index (χ1n) is 7.07. The highest BCUT2D eigenvalue weighted by molar-refractivity contribution is 6.04. The van der Waals surface area contributed by atoms with Crippen molar-refractivity contribution in [2.24, 2.45) is 5.73 Å². The van der Waals surface area contributed by atoms with Crippen molar-refractivity contribution in [2.75, 3.05) is 5.32 Å². The van der Waals surface area contributed by atoms with Crippen LogP contribution in [0.25, 0.3) is 6.08 Å². The first-order chi connectivity index (χ1) is 10.2. The lowest BCUT2D eigenvalue weighted by molar-refractivity contribution is 0.102. The lowest BCUT2D eigenvalue weighted by Gasteiger charge is -2.07. The van der Waals surface area contributed by atoms with E-state index in [-0.39, 0.29) is 5.91 Å². The molecule has 2 aromatic carbocycles. The maximum atomic E-state index is 12.1. The van der Waals surface area contributed by atoms with Gasteiger partial charge in [-0.15, -0.1) is 0 Å². The molecule has 21 heavy (non-hydrogen) atoms. The summed E-state index contributed by atoms with van der Waals surface area (Å²) in [7, 11) is 0. The van der Waals surface area contributed by atoms with Crippen molar-refractivity contribution in [1.29, 1.82) is 0 Å². The predicted octanol–water partition coefficient (Wildman–Crippen LogP) is 3.40. The van der Waals surface area contributed by atoms with Gasteiger partial charge in [0, 0.05) is 23.2 Å². The molecule has 0 bridgehead atoms. The van der Waals surface area contributed by atoms with Gasteiger partial charge in [0.15, 0.2) is 0 Å². The highest BCUT2D eigenvalue weighted by Gasteiger charge is 2.34. The Morgan fingerprint density at radius 1 is 1.14 bits per heavy atom. The summed E-state index contributed by atoms with van der Waals surface area (Å²) in [6.07, 6.45) is 2.81. The Labute approximate surface area is 124 Å². The van der Waals surface area contributed by atoms with E-state index in [1.54, 1.807) is 18.2 Å². The number of nitrogens with one attached hydrogen (secondary N) is 1. The minimum atomic E-state index is -0.110. The summed E-state index contributed by atoms with van der Waals surface area (Å²) in [6.45, 7) is 3.70. The Hall–Kier alpha value is -2.39. The molecule has 1 saturated carbocycles. The van der Waals surface area contributed by atoms with Gasteiger partial charge in [0.05, 0.1) is 0 Å². The smallest absolute Gasteiger partial charge is 0.255 e. The van der Waals surface area contributed by atoms with Crippen LogP contribution in [0.2, 0.25) is 0 Å². The summed E-state index contributed by atoms with van der Waals surface area (Å²) >= 11 is 0. The zero-order valence-electron chi connectivity index (χ0n) is 11.8. The largest absolute Gasteiger partial charge is 0.327 e. The number of hydrogen-bond acceptors (Lipinski definition) is 2. The molecule has 0 aliphatic heterocycles. The van der Waals surface area contributed by atoms with Gasteiger partial charge in [-0.25, -0.2) is 0 Å². The second-order valence-electron chi connectivity index (χ2n) is 5.41. The third-order valence-corrected chi connectivity index (χ3v) is 3.85. The first-order valence-corrected chi connectivity index (χ1v) is 7.07. The summed E-state index contributed by atoms with van der Waals surface area (Å²) in [5.41, 5.74) is 9.51. The number of carbonyl (C=O) groups excluding carboxylic acids is 1. The molecule has 3 heteroatoms. The van der Waals surface area contributed by atoms with Crippen LogP contribution in [0, 0.1) is 0 Å². The standard InChI is InChI=1S/C18H18N2O/c1-2-12-3-5-14(6-4-12)18(21)20-15-9-7-13(8-10-15)16-11-17(16)19/h2-10,16-17H,1,11,19H2,(H,20,21)/t16-,17+/m0/s1. The summed E-state index contributed by atoms with van der Waals surface area (Å²) in [5.74, 6) is 0.377. The lowest BCUT2D eigenvalue weighted by Crippen LogP contribution is -2.11. The Balaban J connectivity index is 1.67. The van der Waals surface area contributed by atoms with Crippen molar-refractivity contribution in [3.8, 4) is 0 Å². The average Bonchev–Trinajstić information content (AvgIpc) is 3.25. The SMILES string of the molecule is C=Cc1ccc(C(=O)Nc2ccc([C@@H]3C[C@H]3N)cc2)cc1. The van der Waals surface area contributed by atoms with E-state index in [0.717, 1.165) is 17.7 Å². The number of benzene rings is 2. The van der Waals surface area contributed by atoms with Gasteiger partial charge in [0.2, 0.25) is 0 Å². The van der Waals surface area contributed by atoms with Gasteiger partial charge in [-0.3, -0.25) is 4.79 Å². The topological polar surface area (TPSA) is 55.1 Å². The highest BCUT2D eigenvalue weighted by Crippen LogP contribution is 2.39.